The van der Waals surface area contributed by atoms with Crippen molar-refractivity contribution in [3.63, 3.8) is 0 Å². The zero-order valence-corrected chi connectivity index (χ0v) is 15.3. The summed E-state index contributed by atoms with van der Waals surface area (Å²) in [5.74, 6) is 0. The fourth-order valence-corrected chi connectivity index (χ4v) is 4.30. The normalized spacial score (nSPS) is 16.8. The number of morpholine rings is 1. The molecule has 1 aromatic carbocycles. The number of hydrogen-bond donors (Lipinski definition) is 1. The summed E-state index contributed by atoms with van der Waals surface area (Å²) < 4.78 is 5.54. The van der Waals surface area contributed by atoms with Gasteiger partial charge in [-0.05, 0) is 30.5 Å². The van der Waals surface area contributed by atoms with Gasteiger partial charge in [0.05, 0.1) is 24.8 Å². The summed E-state index contributed by atoms with van der Waals surface area (Å²) in [7, 11) is 0. The molecule has 0 spiro atoms. The van der Waals surface area contributed by atoms with Crippen LogP contribution in [-0.4, -0.2) is 42.7 Å². The monoisotopic (exact) mass is 353 g/mol. The fourth-order valence-electron chi connectivity index (χ4n) is 3.44. The maximum Gasteiger partial charge on any atom is 0.0725 e. The molecule has 4 nitrogen and oxygen atoms in total. The number of benzene rings is 1. The highest BCUT2D eigenvalue weighted by Gasteiger charge is 2.23. The smallest absolute Gasteiger partial charge is 0.0725 e. The maximum absolute atomic E-state index is 5.54. The summed E-state index contributed by atoms with van der Waals surface area (Å²) >= 11 is 1.83. The van der Waals surface area contributed by atoms with E-state index in [-0.39, 0.29) is 0 Å². The van der Waals surface area contributed by atoms with Crippen LogP contribution in [-0.2, 0) is 4.74 Å². The van der Waals surface area contributed by atoms with Crippen LogP contribution in [0.25, 0.3) is 10.9 Å². The maximum atomic E-state index is 5.54. The van der Waals surface area contributed by atoms with Crippen molar-refractivity contribution in [1.82, 2.24) is 9.88 Å². The molecule has 4 rings (SSSR count). The lowest BCUT2D eigenvalue weighted by Gasteiger charge is -2.34. The van der Waals surface area contributed by atoms with Crippen LogP contribution < -0.4 is 5.32 Å². The summed E-state index contributed by atoms with van der Waals surface area (Å²) in [6, 6.07) is 15.2. The van der Waals surface area contributed by atoms with E-state index in [1.165, 1.54) is 10.3 Å². The van der Waals surface area contributed by atoms with Crippen LogP contribution in [0.1, 0.15) is 16.6 Å². The topological polar surface area (TPSA) is 37.4 Å². The van der Waals surface area contributed by atoms with E-state index in [0.29, 0.717) is 6.04 Å². The van der Waals surface area contributed by atoms with Crippen LogP contribution in [0.2, 0.25) is 0 Å². The molecule has 1 atom stereocenters. The molecular formula is C20H23N3OS. The zero-order valence-electron chi connectivity index (χ0n) is 14.4. The SMILES string of the molecule is Cc1cc(NC[C@H](c2cccs2)N2CCOCC2)c2ccccc2n1. The molecular weight excluding hydrogens is 330 g/mol. The highest BCUT2D eigenvalue weighted by atomic mass is 32.1. The lowest BCUT2D eigenvalue weighted by atomic mass is 10.1. The van der Waals surface area contributed by atoms with E-state index in [1.54, 1.807) is 0 Å². The molecule has 1 aliphatic rings. The number of hydrogen-bond acceptors (Lipinski definition) is 5. The Morgan fingerprint density at radius 2 is 2.04 bits per heavy atom. The van der Waals surface area contributed by atoms with E-state index in [9.17, 15) is 0 Å². The van der Waals surface area contributed by atoms with Gasteiger partial charge in [-0.3, -0.25) is 9.88 Å². The molecule has 0 amide bonds. The van der Waals surface area contributed by atoms with E-state index >= 15 is 0 Å². The highest BCUT2D eigenvalue weighted by Crippen LogP contribution is 2.28. The number of thiophene rings is 1. The van der Waals surface area contributed by atoms with Crippen LogP contribution in [0.4, 0.5) is 5.69 Å². The van der Waals surface area contributed by atoms with Gasteiger partial charge in [-0.1, -0.05) is 24.3 Å². The van der Waals surface area contributed by atoms with Crippen LogP contribution in [0, 0.1) is 6.92 Å². The van der Waals surface area contributed by atoms with Gasteiger partial charge in [-0.25, -0.2) is 0 Å². The van der Waals surface area contributed by atoms with Crippen LogP contribution in [0.15, 0.2) is 47.8 Å². The summed E-state index contributed by atoms with van der Waals surface area (Å²) in [6.07, 6.45) is 0. The van der Waals surface area contributed by atoms with Gasteiger partial charge in [0.15, 0.2) is 0 Å². The second-order valence-electron chi connectivity index (χ2n) is 6.39. The zero-order chi connectivity index (χ0) is 17.1. The van der Waals surface area contributed by atoms with Gasteiger partial charge in [-0.15, -0.1) is 11.3 Å². The first-order valence-corrected chi connectivity index (χ1v) is 9.65. The van der Waals surface area contributed by atoms with Gasteiger partial charge in [0.2, 0.25) is 0 Å². The van der Waals surface area contributed by atoms with Crippen LogP contribution in [0.5, 0.6) is 0 Å². The minimum Gasteiger partial charge on any atom is -0.382 e. The van der Waals surface area contributed by atoms with Crippen molar-refractivity contribution in [2.75, 3.05) is 38.2 Å². The molecule has 0 unspecified atom stereocenters. The number of pyridine rings is 1. The molecule has 3 heterocycles. The number of aryl methyl sites for hydroxylation is 1. The summed E-state index contributed by atoms with van der Waals surface area (Å²) in [4.78, 5) is 8.57. The summed E-state index contributed by atoms with van der Waals surface area (Å²) in [5, 5.41) is 7.04. The Bertz CT molecular complexity index is 828. The van der Waals surface area contributed by atoms with Gasteiger partial charge in [0.25, 0.3) is 0 Å². The minimum absolute atomic E-state index is 0.371. The Morgan fingerprint density at radius 3 is 2.84 bits per heavy atom. The van der Waals surface area contributed by atoms with E-state index in [2.05, 4.69) is 63.9 Å². The predicted molar refractivity (Wildman–Crippen MR) is 104 cm³/mol. The Labute approximate surface area is 152 Å². The van der Waals surface area contributed by atoms with E-state index in [4.69, 9.17) is 4.74 Å². The third-order valence-electron chi connectivity index (χ3n) is 4.69. The number of nitrogens with zero attached hydrogens (tertiary/aromatic N) is 2. The Balaban J connectivity index is 1.59. The van der Waals surface area contributed by atoms with Crippen LogP contribution in [0.3, 0.4) is 0 Å². The number of ether oxygens (including phenoxy) is 1. The first kappa shape index (κ1) is 16.5. The van der Waals surface area contributed by atoms with Crippen molar-refractivity contribution in [2.24, 2.45) is 0 Å². The van der Waals surface area contributed by atoms with Crippen molar-refractivity contribution in [2.45, 2.75) is 13.0 Å². The molecule has 3 aromatic rings. The highest BCUT2D eigenvalue weighted by molar-refractivity contribution is 7.10. The standard InChI is InChI=1S/C20H23N3OS/c1-15-13-18(16-5-2-3-6-17(16)22-15)21-14-19(20-7-4-12-25-20)23-8-10-24-11-9-23/h2-7,12-13,19H,8-11,14H2,1H3,(H,21,22)/t19-/m1/s1. The molecule has 0 saturated carbocycles. The average molecular weight is 353 g/mol. The molecule has 1 aliphatic heterocycles. The molecule has 0 bridgehead atoms. The van der Waals surface area contributed by atoms with E-state index in [1.807, 2.05) is 17.4 Å². The Kier molecular flexibility index (Phi) is 4.97. The van der Waals surface area contributed by atoms with Gasteiger partial charge in [-0.2, -0.15) is 0 Å². The Hall–Kier alpha value is -1.95. The molecule has 0 radical (unpaired) electrons. The van der Waals surface area contributed by atoms with Crippen molar-refractivity contribution < 1.29 is 4.74 Å². The molecule has 1 saturated heterocycles. The van der Waals surface area contributed by atoms with Gasteiger partial charge >= 0.3 is 0 Å². The van der Waals surface area contributed by atoms with Gasteiger partial charge < -0.3 is 10.1 Å². The number of rotatable bonds is 5. The minimum atomic E-state index is 0.371. The quantitative estimate of drug-likeness (QED) is 0.750. The van der Waals surface area contributed by atoms with E-state index in [0.717, 1.165) is 49.7 Å². The summed E-state index contributed by atoms with van der Waals surface area (Å²) in [6.45, 7) is 6.55. The number of nitrogens with one attached hydrogen (secondary N) is 1. The first-order valence-electron chi connectivity index (χ1n) is 8.77. The fraction of sp³-hybridized carbons (Fsp3) is 0.350. The third-order valence-corrected chi connectivity index (χ3v) is 5.66. The molecule has 130 valence electrons. The number of anilines is 1. The summed E-state index contributed by atoms with van der Waals surface area (Å²) in [5.41, 5.74) is 3.25. The molecule has 1 fully saturated rings. The van der Waals surface area contributed by atoms with Gasteiger partial charge in [0.1, 0.15) is 0 Å². The average Bonchev–Trinajstić information content (AvgIpc) is 3.17. The lowest BCUT2D eigenvalue weighted by molar-refractivity contribution is 0.0194. The molecule has 25 heavy (non-hydrogen) atoms. The van der Waals surface area contributed by atoms with Crippen molar-refractivity contribution in [1.29, 1.82) is 0 Å². The molecule has 0 aliphatic carbocycles. The lowest BCUT2D eigenvalue weighted by Crippen LogP contribution is -2.41. The third kappa shape index (κ3) is 3.68. The number of aromatic nitrogens is 1. The molecule has 2 aromatic heterocycles. The number of fused-ring (bicyclic) bond motifs is 1. The van der Waals surface area contributed by atoms with Crippen molar-refractivity contribution in [3.8, 4) is 0 Å². The first-order chi connectivity index (χ1) is 12.3. The largest absolute Gasteiger partial charge is 0.382 e. The predicted octanol–water partition coefficient (Wildman–Crippen LogP) is 4.09. The second kappa shape index (κ2) is 7.52. The van der Waals surface area contributed by atoms with Crippen molar-refractivity contribution in [3.05, 3.63) is 58.4 Å². The second-order valence-corrected chi connectivity index (χ2v) is 7.37. The van der Waals surface area contributed by atoms with E-state index < -0.39 is 0 Å². The van der Waals surface area contributed by atoms with Crippen molar-refractivity contribution >= 4 is 27.9 Å². The van der Waals surface area contributed by atoms with Crippen LogP contribution >= 0.6 is 11.3 Å². The molecule has 1 N–H and O–H groups in total. The van der Waals surface area contributed by atoms with Gasteiger partial charge in [0, 0.05) is 41.3 Å². The molecule has 5 heteroatoms. The Morgan fingerprint density at radius 1 is 1.20 bits per heavy atom. The number of para-hydroxylation sites is 1.